The van der Waals surface area contributed by atoms with Gasteiger partial charge in [-0.3, -0.25) is 4.79 Å². The van der Waals surface area contributed by atoms with E-state index in [1.807, 2.05) is 0 Å². The second-order valence-corrected chi connectivity index (χ2v) is 5.16. The molecule has 2 heterocycles. The number of piperidine rings is 1. The van der Waals surface area contributed by atoms with Gasteiger partial charge in [-0.2, -0.15) is 0 Å². The minimum atomic E-state index is -0.862. The number of nitrogens with two attached hydrogens (primary N) is 1. The van der Waals surface area contributed by atoms with Crippen LogP contribution in [-0.2, 0) is 4.79 Å². The number of rotatable bonds is 3. The van der Waals surface area contributed by atoms with Crippen LogP contribution in [0.5, 0.6) is 0 Å². The number of nitrogens with one attached hydrogen (secondary N) is 1. The molecule has 1 amide bonds. The lowest BCUT2D eigenvalue weighted by molar-refractivity contribution is -0.132. The summed E-state index contributed by atoms with van der Waals surface area (Å²) in [5.74, 6) is -0.0856. The number of carbonyl (C=O) groups excluding carboxylic acids is 1. The number of nitrogens with zero attached hydrogens (tertiary/aromatic N) is 1. The van der Waals surface area contributed by atoms with Crippen LogP contribution in [0.2, 0.25) is 0 Å². The van der Waals surface area contributed by atoms with Crippen molar-refractivity contribution in [2.45, 2.75) is 50.4 Å². The van der Waals surface area contributed by atoms with Crippen molar-refractivity contribution in [3.05, 3.63) is 0 Å². The maximum absolute atomic E-state index is 13.0. The molecule has 0 aromatic heterocycles. The molecule has 0 aromatic carbocycles. The van der Waals surface area contributed by atoms with Crippen molar-refractivity contribution >= 4 is 5.91 Å². The van der Waals surface area contributed by atoms with Gasteiger partial charge in [-0.15, -0.1) is 0 Å². The summed E-state index contributed by atoms with van der Waals surface area (Å²) in [4.78, 5) is 13.5. The van der Waals surface area contributed by atoms with Crippen LogP contribution in [0.1, 0.15) is 32.1 Å². The molecule has 0 spiro atoms. The normalized spacial score (nSPS) is 31.5. The van der Waals surface area contributed by atoms with Crippen molar-refractivity contribution in [1.82, 2.24) is 10.2 Å². The summed E-state index contributed by atoms with van der Waals surface area (Å²) < 4.78 is 13.0. The van der Waals surface area contributed by atoms with Gasteiger partial charge in [0, 0.05) is 12.6 Å². The molecule has 0 radical (unpaired) electrons. The first kappa shape index (κ1) is 12.8. The first-order valence-corrected chi connectivity index (χ1v) is 6.58. The maximum atomic E-state index is 13.0. The maximum Gasteiger partial charge on any atom is 0.239 e. The molecule has 4 nitrogen and oxygen atoms in total. The summed E-state index contributed by atoms with van der Waals surface area (Å²) in [5.41, 5.74) is 5.92. The van der Waals surface area contributed by atoms with Crippen molar-refractivity contribution in [3.63, 3.8) is 0 Å². The van der Waals surface area contributed by atoms with Crippen LogP contribution >= 0.6 is 0 Å². The lowest BCUT2D eigenvalue weighted by atomic mass is 9.98. The Morgan fingerprint density at radius 3 is 2.88 bits per heavy atom. The van der Waals surface area contributed by atoms with Gasteiger partial charge in [0.1, 0.15) is 6.17 Å². The van der Waals surface area contributed by atoms with E-state index in [0.717, 1.165) is 13.0 Å². The van der Waals surface area contributed by atoms with Gasteiger partial charge in [-0.1, -0.05) is 6.42 Å². The summed E-state index contributed by atoms with van der Waals surface area (Å²) >= 11 is 0. The minimum absolute atomic E-state index is 0.0856. The number of hydrogen-bond donors (Lipinski definition) is 2. The summed E-state index contributed by atoms with van der Waals surface area (Å²) in [5, 5.41) is 3.38. The Bertz CT molecular complexity index is 268. The Kier molecular flexibility index (Phi) is 4.34. The molecule has 98 valence electrons. The average Bonchev–Trinajstić information content (AvgIpc) is 2.76. The molecule has 3 N–H and O–H groups in total. The van der Waals surface area contributed by atoms with Crippen molar-refractivity contribution in [2.24, 2.45) is 5.73 Å². The van der Waals surface area contributed by atoms with Crippen molar-refractivity contribution in [1.29, 1.82) is 0 Å². The van der Waals surface area contributed by atoms with Crippen LogP contribution in [0.3, 0.4) is 0 Å². The highest BCUT2D eigenvalue weighted by atomic mass is 19.1. The zero-order valence-corrected chi connectivity index (χ0v) is 10.2. The van der Waals surface area contributed by atoms with E-state index in [2.05, 4.69) is 5.32 Å². The highest BCUT2D eigenvalue weighted by molar-refractivity contribution is 5.82. The highest BCUT2D eigenvalue weighted by Crippen LogP contribution is 2.16. The Labute approximate surface area is 102 Å². The molecule has 2 fully saturated rings. The number of amides is 1. The lowest BCUT2D eigenvalue weighted by Gasteiger charge is -2.27. The lowest BCUT2D eigenvalue weighted by Crippen LogP contribution is -2.47. The number of hydrogen-bond acceptors (Lipinski definition) is 3. The van der Waals surface area contributed by atoms with Gasteiger partial charge in [0.05, 0.1) is 12.6 Å². The number of alkyl halides is 1. The van der Waals surface area contributed by atoms with Crippen molar-refractivity contribution in [3.8, 4) is 0 Å². The predicted molar refractivity (Wildman–Crippen MR) is 64.3 cm³/mol. The molecule has 0 unspecified atom stereocenters. The number of carbonyl (C=O) groups is 1. The molecular weight excluding hydrogens is 221 g/mol. The van der Waals surface area contributed by atoms with Gasteiger partial charge in [-0.25, -0.2) is 4.39 Å². The van der Waals surface area contributed by atoms with E-state index in [0.29, 0.717) is 25.4 Å². The number of halogens is 1. The first-order chi connectivity index (χ1) is 8.16. The third-order valence-corrected chi connectivity index (χ3v) is 3.71. The molecule has 0 aliphatic carbocycles. The van der Waals surface area contributed by atoms with Gasteiger partial charge in [0.2, 0.25) is 5.91 Å². The second-order valence-electron chi connectivity index (χ2n) is 5.16. The molecule has 0 saturated carbocycles. The molecule has 17 heavy (non-hydrogen) atoms. The van der Waals surface area contributed by atoms with Crippen LogP contribution in [0.4, 0.5) is 4.39 Å². The number of likely N-dealkylation sites (tertiary alicyclic amines) is 1. The quantitative estimate of drug-likeness (QED) is 0.755. The Balaban J connectivity index is 1.78. The molecule has 2 aliphatic heterocycles. The zero-order valence-electron chi connectivity index (χ0n) is 10.2. The van der Waals surface area contributed by atoms with Gasteiger partial charge in [0.15, 0.2) is 0 Å². The monoisotopic (exact) mass is 243 g/mol. The fourth-order valence-electron chi connectivity index (χ4n) is 2.68. The first-order valence-electron chi connectivity index (χ1n) is 6.58. The Hall–Kier alpha value is -0.680. The van der Waals surface area contributed by atoms with Crippen LogP contribution in [0.25, 0.3) is 0 Å². The summed E-state index contributed by atoms with van der Waals surface area (Å²) in [6, 6.07) is -0.123. The van der Waals surface area contributed by atoms with Gasteiger partial charge in [0.25, 0.3) is 0 Å². The van der Waals surface area contributed by atoms with Crippen molar-refractivity contribution < 1.29 is 9.18 Å². The zero-order chi connectivity index (χ0) is 12.3. The molecular formula is C12H22FN3O. The van der Waals surface area contributed by atoms with E-state index in [1.165, 1.54) is 12.8 Å². The van der Waals surface area contributed by atoms with E-state index in [-0.39, 0.29) is 12.5 Å². The molecule has 2 aliphatic rings. The Morgan fingerprint density at radius 1 is 1.47 bits per heavy atom. The third kappa shape index (κ3) is 3.39. The highest BCUT2D eigenvalue weighted by Gasteiger charge is 2.30. The van der Waals surface area contributed by atoms with Gasteiger partial charge >= 0.3 is 0 Å². The predicted octanol–water partition coefficient (Wildman–Crippen LogP) is 0.416. The van der Waals surface area contributed by atoms with Crippen LogP contribution in [-0.4, -0.2) is 48.7 Å². The summed E-state index contributed by atoms with van der Waals surface area (Å²) in [6.07, 6.45) is 3.77. The summed E-state index contributed by atoms with van der Waals surface area (Å²) in [6.45, 7) is 1.76. The molecule has 3 atom stereocenters. The van der Waals surface area contributed by atoms with E-state index in [1.54, 1.807) is 4.90 Å². The summed E-state index contributed by atoms with van der Waals surface area (Å²) in [7, 11) is 0. The third-order valence-electron chi connectivity index (χ3n) is 3.71. The molecule has 0 aromatic rings. The van der Waals surface area contributed by atoms with E-state index in [9.17, 15) is 9.18 Å². The van der Waals surface area contributed by atoms with Crippen LogP contribution in [0.15, 0.2) is 0 Å². The van der Waals surface area contributed by atoms with Gasteiger partial charge < -0.3 is 16.0 Å². The molecule has 0 bridgehead atoms. The van der Waals surface area contributed by atoms with Crippen LogP contribution < -0.4 is 11.1 Å². The van der Waals surface area contributed by atoms with Gasteiger partial charge in [-0.05, 0) is 32.2 Å². The minimum Gasteiger partial charge on any atom is -0.338 e. The van der Waals surface area contributed by atoms with E-state index >= 15 is 0 Å². The SMILES string of the molecule is N[C@@H](C[C@@H]1CCCCN1)C(=O)N1CC[C@H](F)C1. The fraction of sp³-hybridized carbons (Fsp3) is 0.917. The molecule has 2 rings (SSSR count). The van der Waals surface area contributed by atoms with E-state index < -0.39 is 12.2 Å². The largest absolute Gasteiger partial charge is 0.338 e. The smallest absolute Gasteiger partial charge is 0.239 e. The molecule has 2 saturated heterocycles. The average molecular weight is 243 g/mol. The standard InChI is InChI=1S/C12H22FN3O/c13-9-4-6-16(8-9)12(17)11(14)7-10-3-1-2-5-15-10/h9-11,15H,1-8,14H2/t9-,10-,11-/m0/s1. The molecule has 5 heteroatoms. The topological polar surface area (TPSA) is 58.4 Å². The second kappa shape index (κ2) is 5.78. The van der Waals surface area contributed by atoms with Crippen molar-refractivity contribution in [2.75, 3.05) is 19.6 Å². The Morgan fingerprint density at radius 2 is 2.29 bits per heavy atom. The van der Waals surface area contributed by atoms with E-state index in [4.69, 9.17) is 5.73 Å². The fourth-order valence-corrected chi connectivity index (χ4v) is 2.68. The van der Waals surface area contributed by atoms with Crippen LogP contribution in [0, 0.1) is 0 Å².